The fraction of sp³-hybridized carbons (Fsp3) is 0.214. The van der Waals surface area contributed by atoms with Crippen LogP contribution in [0.3, 0.4) is 0 Å². The first-order valence-electron chi connectivity index (χ1n) is 6.38. The van der Waals surface area contributed by atoms with Gasteiger partial charge in [0.15, 0.2) is 11.8 Å². The molecule has 0 aliphatic heterocycles. The molecular formula is C14H15N3O4. The number of carbonyl (C=O) groups is 2. The first kappa shape index (κ1) is 14.7. The molecule has 0 aliphatic carbocycles. The predicted molar refractivity (Wildman–Crippen MR) is 74.2 cm³/mol. The van der Waals surface area contributed by atoms with Crippen molar-refractivity contribution in [1.82, 2.24) is 15.1 Å². The fourth-order valence-electron chi connectivity index (χ4n) is 1.71. The summed E-state index contributed by atoms with van der Waals surface area (Å²) in [6, 6.07) is 10.9. The zero-order chi connectivity index (χ0) is 15.2. The molecule has 110 valence electrons. The summed E-state index contributed by atoms with van der Waals surface area (Å²) in [5.41, 5.74) is 1.06. The highest BCUT2D eigenvalue weighted by Crippen LogP contribution is 2.06. The van der Waals surface area contributed by atoms with Crippen LogP contribution in [0.5, 0.6) is 0 Å². The van der Waals surface area contributed by atoms with Crippen molar-refractivity contribution in [3.8, 4) is 5.69 Å². The van der Waals surface area contributed by atoms with Gasteiger partial charge >= 0.3 is 5.97 Å². The van der Waals surface area contributed by atoms with Crippen LogP contribution in [0, 0.1) is 0 Å². The smallest absolute Gasteiger partial charge is 0.332 e. The van der Waals surface area contributed by atoms with E-state index in [9.17, 15) is 9.59 Å². The minimum Gasteiger partial charge on any atom is -0.479 e. The van der Waals surface area contributed by atoms with Crippen LogP contribution < -0.4 is 5.32 Å². The molecule has 1 heterocycles. The highest BCUT2D eigenvalue weighted by atomic mass is 16.4. The van der Waals surface area contributed by atoms with Gasteiger partial charge in [-0.3, -0.25) is 4.79 Å². The van der Waals surface area contributed by atoms with Gasteiger partial charge in [0.25, 0.3) is 5.91 Å². The van der Waals surface area contributed by atoms with Crippen molar-refractivity contribution in [3.63, 3.8) is 0 Å². The quantitative estimate of drug-likeness (QED) is 0.715. The van der Waals surface area contributed by atoms with Crippen LogP contribution in [0.15, 0.2) is 42.6 Å². The molecule has 0 radical (unpaired) electrons. The summed E-state index contributed by atoms with van der Waals surface area (Å²) >= 11 is 0. The average Bonchev–Trinajstić information content (AvgIpc) is 2.97. The number of carbonyl (C=O) groups excluding carboxylic acids is 1. The number of para-hydroxylation sites is 1. The minimum absolute atomic E-state index is 0.0551. The van der Waals surface area contributed by atoms with Crippen molar-refractivity contribution >= 4 is 11.9 Å². The maximum absolute atomic E-state index is 11.8. The Labute approximate surface area is 120 Å². The van der Waals surface area contributed by atoms with Crippen molar-refractivity contribution in [2.75, 3.05) is 6.54 Å². The van der Waals surface area contributed by atoms with Gasteiger partial charge in [0.2, 0.25) is 0 Å². The summed E-state index contributed by atoms with van der Waals surface area (Å²) < 4.78 is 1.57. The number of aliphatic hydroxyl groups is 1. The number of hydrogen-bond donors (Lipinski definition) is 3. The van der Waals surface area contributed by atoms with Gasteiger partial charge in [0.1, 0.15) is 0 Å². The number of carboxylic acids is 1. The van der Waals surface area contributed by atoms with Gasteiger partial charge in [-0.15, -0.1) is 0 Å². The Morgan fingerprint density at radius 1 is 1.24 bits per heavy atom. The molecule has 1 amide bonds. The van der Waals surface area contributed by atoms with Gasteiger partial charge in [0.05, 0.1) is 5.69 Å². The number of rotatable bonds is 6. The summed E-state index contributed by atoms with van der Waals surface area (Å²) in [7, 11) is 0. The number of aromatic nitrogens is 2. The minimum atomic E-state index is -1.48. The van der Waals surface area contributed by atoms with E-state index in [1.165, 1.54) is 0 Å². The van der Waals surface area contributed by atoms with Crippen LogP contribution in [0.4, 0.5) is 0 Å². The molecule has 7 heteroatoms. The SMILES string of the molecule is O=C(NCCC(O)C(=O)O)c1ccn(-c2ccccc2)n1. The molecule has 0 saturated carbocycles. The second kappa shape index (κ2) is 6.67. The summed E-state index contributed by atoms with van der Waals surface area (Å²) in [4.78, 5) is 22.3. The molecule has 2 aromatic rings. The zero-order valence-corrected chi connectivity index (χ0v) is 11.1. The normalized spacial score (nSPS) is 11.9. The van der Waals surface area contributed by atoms with Crippen LogP contribution in [0.1, 0.15) is 16.9 Å². The highest BCUT2D eigenvalue weighted by molar-refractivity contribution is 5.92. The van der Waals surface area contributed by atoms with E-state index in [2.05, 4.69) is 10.4 Å². The van der Waals surface area contributed by atoms with E-state index < -0.39 is 18.0 Å². The Bertz CT molecular complexity index is 624. The van der Waals surface area contributed by atoms with Gasteiger partial charge in [-0.25, -0.2) is 9.48 Å². The number of aliphatic hydroxyl groups excluding tert-OH is 1. The summed E-state index contributed by atoms with van der Waals surface area (Å²) in [5, 5.41) is 24.3. The van der Waals surface area contributed by atoms with Crippen molar-refractivity contribution in [2.24, 2.45) is 0 Å². The lowest BCUT2D eigenvalue weighted by atomic mass is 10.2. The molecule has 0 spiro atoms. The largest absolute Gasteiger partial charge is 0.479 e. The fourth-order valence-corrected chi connectivity index (χ4v) is 1.71. The van der Waals surface area contributed by atoms with Crippen LogP contribution in [-0.2, 0) is 4.79 Å². The van der Waals surface area contributed by atoms with Crippen molar-refractivity contribution in [1.29, 1.82) is 0 Å². The standard InChI is InChI=1S/C14H15N3O4/c18-12(14(20)21)6-8-15-13(19)11-7-9-17(16-11)10-4-2-1-3-5-10/h1-5,7,9,12,18H,6,8H2,(H,15,19)(H,20,21). The van der Waals surface area contributed by atoms with Gasteiger partial charge < -0.3 is 15.5 Å². The van der Waals surface area contributed by atoms with Crippen molar-refractivity contribution in [2.45, 2.75) is 12.5 Å². The Morgan fingerprint density at radius 3 is 2.62 bits per heavy atom. The maximum Gasteiger partial charge on any atom is 0.332 e. The second-order valence-electron chi connectivity index (χ2n) is 4.38. The average molecular weight is 289 g/mol. The molecular weight excluding hydrogens is 274 g/mol. The maximum atomic E-state index is 11.8. The molecule has 2 rings (SSSR count). The van der Waals surface area contributed by atoms with Crippen LogP contribution in [0.2, 0.25) is 0 Å². The Hall–Kier alpha value is -2.67. The third kappa shape index (κ3) is 3.90. The van der Waals surface area contributed by atoms with Gasteiger partial charge in [-0.1, -0.05) is 18.2 Å². The number of amides is 1. The third-order valence-electron chi connectivity index (χ3n) is 2.83. The Kier molecular flexibility index (Phi) is 4.68. The molecule has 1 aromatic heterocycles. The number of nitrogens with zero attached hydrogens (tertiary/aromatic N) is 2. The second-order valence-corrected chi connectivity index (χ2v) is 4.38. The van der Waals surface area contributed by atoms with E-state index in [0.717, 1.165) is 5.69 Å². The molecule has 1 atom stereocenters. The molecule has 0 saturated heterocycles. The van der Waals surface area contributed by atoms with E-state index >= 15 is 0 Å². The first-order chi connectivity index (χ1) is 10.1. The third-order valence-corrected chi connectivity index (χ3v) is 2.83. The zero-order valence-electron chi connectivity index (χ0n) is 11.1. The number of nitrogens with one attached hydrogen (secondary N) is 1. The van der Waals surface area contributed by atoms with Crippen LogP contribution in [-0.4, -0.2) is 44.5 Å². The lowest BCUT2D eigenvalue weighted by molar-refractivity contribution is -0.146. The van der Waals surface area contributed by atoms with Crippen LogP contribution >= 0.6 is 0 Å². The molecule has 3 N–H and O–H groups in total. The summed E-state index contributed by atoms with van der Waals surface area (Å²) in [5.74, 6) is -1.72. The van der Waals surface area contributed by atoms with Gasteiger partial charge in [0, 0.05) is 19.2 Å². The van der Waals surface area contributed by atoms with Crippen LogP contribution in [0.25, 0.3) is 5.69 Å². The molecule has 21 heavy (non-hydrogen) atoms. The lowest BCUT2D eigenvalue weighted by Gasteiger charge is -2.06. The van der Waals surface area contributed by atoms with Crippen molar-refractivity contribution < 1.29 is 19.8 Å². The van der Waals surface area contributed by atoms with E-state index in [0.29, 0.717) is 0 Å². The highest BCUT2D eigenvalue weighted by Gasteiger charge is 2.14. The molecule has 0 bridgehead atoms. The molecule has 1 aromatic carbocycles. The van der Waals surface area contributed by atoms with Gasteiger partial charge in [-0.2, -0.15) is 5.10 Å². The monoisotopic (exact) mass is 289 g/mol. The summed E-state index contributed by atoms with van der Waals surface area (Å²) in [6.45, 7) is 0.0600. The molecule has 0 fully saturated rings. The number of carboxylic acid groups (broad SMARTS) is 1. The topological polar surface area (TPSA) is 104 Å². The number of hydrogen-bond acceptors (Lipinski definition) is 4. The Morgan fingerprint density at radius 2 is 1.95 bits per heavy atom. The number of benzene rings is 1. The number of aliphatic carboxylic acids is 1. The lowest BCUT2D eigenvalue weighted by Crippen LogP contribution is -2.30. The first-order valence-corrected chi connectivity index (χ1v) is 6.38. The Balaban J connectivity index is 1.92. The molecule has 0 aliphatic rings. The molecule has 1 unspecified atom stereocenters. The summed E-state index contributed by atoms with van der Waals surface area (Å²) in [6.07, 6.45) is 0.128. The van der Waals surface area contributed by atoms with Gasteiger partial charge in [-0.05, 0) is 18.2 Å². The van der Waals surface area contributed by atoms with E-state index in [-0.39, 0.29) is 18.7 Å². The molecule has 7 nitrogen and oxygen atoms in total. The van der Waals surface area contributed by atoms with Crippen molar-refractivity contribution in [3.05, 3.63) is 48.3 Å². The van der Waals surface area contributed by atoms with E-state index in [4.69, 9.17) is 10.2 Å². The predicted octanol–water partition coefficient (Wildman–Crippen LogP) is 0.438. The van der Waals surface area contributed by atoms with E-state index in [1.807, 2.05) is 30.3 Å². The van der Waals surface area contributed by atoms with E-state index in [1.54, 1.807) is 16.9 Å².